The Morgan fingerprint density at radius 3 is 0.680 bits per heavy atom. The first-order valence-corrected chi connectivity index (χ1v) is 45.1. The summed E-state index contributed by atoms with van der Waals surface area (Å²) in [6, 6.07) is 0. The van der Waals surface area contributed by atoms with Crippen LogP contribution in [0.2, 0.25) is 0 Å². The van der Waals surface area contributed by atoms with Crippen molar-refractivity contribution in [3.05, 3.63) is 0 Å². The average Bonchev–Trinajstić information content (AvgIpc) is 1.46. The first-order chi connectivity index (χ1) is 48.5. The summed E-state index contributed by atoms with van der Waals surface area (Å²) in [5.74, 6) is -1.33. The number of unbranched alkanes of at least 4 members (excludes halogenated alkanes) is 53. The number of phosphoric acid groups is 2. The van der Waals surface area contributed by atoms with E-state index in [4.69, 9.17) is 37.0 Å². The van der Waals surface area contributed by atoms with Gasteiger partial charge in [-0.3, -0.25) is 37.3 Å². The molecule has 100 heavy (non-hydrogen) atoms. The van der Waals surface area contributed by atoms with Crippen molar-refractivity contribution in [2.24, 2.45) is 5.92 Å². The third-order valence-electron chi connectivity index (χ3n) is 19.0. The molecule has 0 amide bonds. The fourth-order valence-corrected chi connectivity index (χ4v) is 14.2. The fraction of sp³-hybridized carbons (Fsp3) is 0.951. The van der Waals surface area contributed by atoms with Crippen molar-refractivity contribution in [1.82, 2.24) is 0 Å². The molecule has 0 heterocycles. The van der Waals surface area contributed by atoms with E-state index in [0.717, 1.165) is 95.8 Å². The molecule has 0 spiro atoms. The molecule has 0 aromatic carbocycles. The van der Waals surface area contributed by atoms with Gasteiger partial charge in [-0.15, -0.1) is 0 Å². The van der Waals surface area contributed by atoms with Gasteiger partial charge >= 0.3 is 39.5 Å². The standard InChI is InChI=1S/C81H158O17P2/c1-6-9-12-15-18-21-24-27-29-30-31-32-33-34-36-41-47-52-57-62-67-81(86)98-77(71-92-79(84)65-60-55-50-45-42-37-38-43-48-53-58-63-74(4)5)73-96-100(89,90)94-69-75(82)68-93-99(87,88)95-72-76(70-91-78(83)64-59-54-49-44-39-26-23-20-17-14-11-8-3)97-80(85)66-61-56-51-46-40-35-28-25-22-19-16-13-10-7-2/h74-77,82H,6-73H2,1-5H3,(H,87,88)(H,89,90)/t75-,76+,77+/m0/s1. The van der Waals surface area contributed by atoms with Crippen LogP contribution in [-0.2, 0) is 65.4 Å². The number of hydrogen-bond acceptors (Lipinski definition) is 15. The minimum absolute atomic E-state index is 0.109. The number of hydrogen-bond donors (Lipinski definition) is 3. The summed E-state index contributed by atoms with van der Waals surface area (Å²) in [6.07, 6.45) is 65.1. The molecule has 5 atom stereocenters. The van der Waals surface area contributed by atoms with Gasteiger partial charge in [0.15, 0.2) is 12.2 Å². The summed E-state index contributed by atoms with van der Waals surface area (Å²) in [5, 5.41) is 10.6. The van der Waals surface area contributed by atoms with E-state index in [2.05, 4.69) is 34.6 Å². The van der Waals surface area contributed by atoms with Crippen LogP contribution in [0.1, 0.15) is 433 Å². The van der Waals surface area contributed by atoms with Gasteiger partial charge in [0.2, 0.25) is 0 Å². The van der Waals surface area contributed by atoms with Crippen molar-refractivity contribution in [3.63, 3.8) is 0 Å². The quantitative estimate of drug-likeness (QED) is 0.0222. The van der Waals surface area contributed by atoms with Crippen molar-refractivity contribution >= 4 is 39.5 Å². The Morgan fingerprint density at radius 2 is 0.460 bits per heavy atom. The molecule has 0 radical (unpaired) electrons. The van der Waals surface area contributed by atoms with Crippen LogP contribution in [-0.4, -0.2) is 96.7 Å². The molecule has 0 fully saturated rings. The molecule has 0 rings (SSSR count). The summed E-state index contributed by atoms with van der Waals surface area (Å²) in [7, 11) is -9.92. The second-order valence-electron chi connectivity index (χ2n) is 29.6. The minimum atomic E-state index is -4.96. The van der Waals surface area contributed by atoms with Gasteiger partial charge in [0.05, 0.1) is 26.4 Å². The topological polar surface area (TPSA) is 237 Å². The van der Waals surface area contributed by atoms with Crippen LogP contribution in [0.25, 0.3) is 0 Å². The highest BCUT2D eigenvalue weighted by Crippen LogP contribution is 2.45. The van der Waals surface area contributed by atoms with Gasteiger partial charge in [-0.05, 0) is 31.6 Å². The van der Waals surface area contributed by atoms with Gasteiger partial charge in [0, 0.05) is 25.7 Å². The summed E-state index contributed by atoms with van der Waals surface area (Å²) in [5.41, 5.74) is 0. The molecule has 0 bridgehead atoms. The number of phosphoric ester groups is 2. The predicted octanol–water partition coefficient (Wildman–Crippen LogP) is 24.4. The van der Waals surface area contributed by atoms with Crippen LogP contribution in [0.5, 0.6) is 0 Å². The van der Waals surface area contributed by atoms with E-state index >= 15 is 0 Å². The average molecular weight is 1470 g/mol. The van der Waals surface area contributed by atoms with Crippen LogP contribution >= 0.6 is 15.6 Å². The molecular formula is C81H158O17P2. The summed E-state index contributed by atoms with van der Waals surface area (Å²) >= 11 is 0. The zero-order valence-corrected chi connectivity index (χ0v) is 67.1. The summed E-state index contributed by atoms with van der Waals surface area (Å²) in [6.45, 7) is 7.34. The van der Waals surface area contributed by atoms with Crippen molar-refractivity contribution in [2.45, 2.75) is 451 Å². The van der Waals surface area contributed by atoms with E-state index in [1.165, 1.54) is 257 Å². The maximum atomic E-state index is 13.1. The minimum Gasteiger partial charge on any atom is -0.462 e. The molecule has 0 aromatic heterocycles. The lowest BCUT2D eigenvalue weighted by Gasteiger charge is -2.21. The maximum absolute atomic E-state index is 13.1. The highest BCUT2D eigenvalue weighted by atomic mass is 31.2. The molecule has 17 nitrogen and oxygen atoms in total. The van der Waals surface area contributed by atoms with E-state index in [9.17, 15) is 43.2 Å². The largest absolute Gasteiger partial charge is 0.472 e. The van der Waals surface area contributed by atoms with Gasteiger partial charge < -0.3 is 33.8 Å². The van der Waals surface area contributed by atoms with Gasteiger partial charge in [-0.1, -0.05) is 381 Å². The Labute approximate surface area is 613 Å². The summed E-state index contributed by atoms with van der Waals surface area (Å²) in [4.78, 5) is 73.0. The zero-order valence-electron chi connectivity index (χ0n) is 65.3. The predicted molar refractivity (Wildman–Crippen MR) is 409 cm³/mol. The van der Waals surface area contributed by atoms with Crippen molar-refractivity contribution in [1.29, 1.82) is 0 Å². The van der Waals surface area contributed by atoms with Crippen molar-refractivity contribution in [3.8, 4) is 0 Å². The number of ether oxygens (including phenoxy) is 4. The molecule has 0 aliphatic heterocycles. The van der Waals surface area contributed by atoms with Crippen LogP contribution in [0, 0.1) is 5.92 Å². The molecule has 0 saturated heterocycles. The smallest absolute Gasteiger partial charge is 0.462 e. The van der Waals surface area contributed by atoms with E-state index in [0.29, 0.717) is 25.7 Å². The Hall–Kier alpha value is -1.94. The van der Waals surface area contributed by atoms with Crippen molar-refractivity contribution < 1.29 is 80.2 Å². The van der Waals surface area contributed by atoms with E-state index in [1.54, 1.807) is 0 Å². The number of aliphatic hydroxyl groups excluding tert-OH is 1. The first-order valence-electron chi connectivity index (χ1n) is 42.1. The molecule has 19 heteroatoms. The third kappa shape index (κ3) is 74.3. The Bertz CT molecular complexity index is 1910. The van der Waals surface area contributed by atoms with Crippen LogP contribution < -0.4 is 0 Å². The van der Waals surface area contributed by atoms with Gasteiger partial charge in [0.25, 0.3) is 0 Å². The van der Waals surface area contributed by atoms with E-state index in [1.807, 2.05) is 0 Å². The van der Waals surface area contributed by atoms with Crippen LogP contribution in [0.4, 0.5) is 0 Å². The lowest BCUT2D eigenvalue weighted by atomic mass is 10.0. The highest BCUT2D eigenvalue weighted by Gasteiger charge is 2.30. The molecule has 0 aromatic rings. The fourth-order valence-electron chi connectivity index (χ4n) is 12.6. The lowest BCUT2D eigenvalue weighted by molar-refractivity contribution is -0.161. The Kier molecular flexibility index (Phi) is 72.5. The Morgan fingerprint density at radius 1 is 0.270 bits per heavy atom. The van der Waals surface area contributed by atoms with Crippen molar-refractivity contribution in [2.75, 3.05) is 39.6 Å². The number of carbonyl (C=O) groups is 4. The van der Waals surface area contributed by atoms with Gasteiger partial charge in [-0.2, -0.15) is 0 Å². The monoisotopic (exact) mass is 1470 g/mol. The molecule has 2 unspecified atom stereocenters. The van der Waals surface area contributed by atoms with Gasteiger partial charge in [0.1, 0.15) is 19.3 Å². The number of aliphatic hydroxyl groups is 1. The second kappa shape index (κ2) is 73.9. The first kappa shape index (κ1) is 98.1. The number of esters is 4. The second-order valence-corrected chi connectivity index (χ2v) is 32.5. The lowest BCUT2D eigenvalue weighted by Crippen LogP contribution is -2.30. The van der Waals surface area contributed by atoms with E-state index < -0.39 is 97.5 Å². The normalized spacial score (nSPS) is 13.8. The molecule has 594 valence electrons. The van der Waals surface area contributed by atoms with Crippen LogP contribution in [0.15, 0.2) is 0 Å². The highest BCUT2D eigenvalue weighted by molar-refractivity contribution is 7.47. The van der Waals surface area contributed by atoms with E-state index in [-0.39, 0.29) is 25.7 Å². The molecule has 3 N–H and O–H groups in total. The third-order valence-corrected chi connectivity index (χ3v) is 20.9. The molecular weight excluding hydrogens is 1310 g/mol. The molecule has 0 aliphatic rings. The molecule has 0 aliphatic carbocycles. The van der Waals surface area contributed by atoms with Crippen LogP contribution in [0.3, 0.4) is 0 Å². The SMILES string of the molecule is CCCCCCCCCCCCCCCCCCCCCCC(=O)O[C@H](COC(=O)CCCCCCCCCCCCCC(C)C)COP(=O)(O)OC[C@@H](O)COP(=O)(O)OC[C@@H](COC(=O)CCCCCCCCCCCCCC)OC(=O)CCCCCCCCCCCCCCCC. The van der Waals surface area contributed by atoms with Gasteiger partial charge in [-0.25, -0.2) is 9.13 Å². The maximum Gasteiger partial charge on any atom is 0.472 e. The molecule has 0 saturated carbocycles. The number of rotatable bonds is 81. The number of carbonyl (C=O) groups excluding carboxylic acids is 4. The Balaban J connectivity index is 5.24. The zero-order chi connectivity index (χ0) is 73.4. The summed E-state index contributed by atoms with van der Waals surface area (Å²) < 4.78 is 68.7.